The number of aromatic nitrogens is 1. The number of rotatable bonds is 3. The maximum absolute atomic E-state index is 12.6. The van der Waals surface area contributed by atoms with Crippen molar-refractivity contribution in [2.24, 2.45) is 5.92 Å². The van der Waals surface area contributed by atoms with E-state index in [4.69, 9.17) is 0 Å². The van der Waals surface area contributed by atoms with E-state index in [0.29, 0.717) is 13.0 Å². The molecule has 0 saturated heterocycles. The van der Waals surface area contributed by atoms with Gasteiger partial charge >= 0.3 is 6.18 Å². The Morgan fingerprint density at radius 3 is 2.88 bits per heavy atom. The SMILES string of the molecule is FC(F)(F)C1CCCC(NCc2ccon2)C1. The molecule has 0 bridgehead atoms. The summed E-state index contributed by atoms with van der Waals surface area (Å²) in [6, 6.07) is 1.63. The number of hydrogen-bond donors (Lipinski definition) is 1. The highest BCUT2D eigenvalue weighted by atomic mass is 19.4. The van der Waals surface area contributed by atoms with Crippen molar-refractivity contribution in [2.75, 3.05) is 0 Å². The highest BCUT2D eigenvalue weighted by Gasteiger charge is 2.41. The van der Waals surface area contributed by atoms with Crippen molar-refractivity contribution in [2.45, 2.75) is 44.4 Å². The summed E-state index contributed by atoms with van der Waals surface area (Å²) in [6.07, 6.45) is -0.761. The third kappa shape index (κ3) is 3.46. The number of alkyl halides is 3. The van der Waals surface area contributed by atoms with E-state index in [1.54, 1.807) is 6.07 Å². The zero-order chi connectivity index (χ0) is 12.3. The number of hydrogen-bond acceptors (Lipinski definition) is 3. The summed E-state index contributed by atoms with van der Waals surface area (Å²) in [5, 5.41) is 6.81. The molecule has 2 atom stereocenters. The Kier molecular flexibility index (Phi) is 3.71. The first-order chi connectivity index (χ1) is 8.05. The number of halogens is 3. The highest BCUT2D eigenvalue weighted by molar-refractivity contribution is 4.95. The van der Waals surface area contributed by atoms with Gasteiger partial charge in [-0.25, -0.2) is 0 Å². The van der Waals surface area contributed by atoms with Crippen LogP contribution in [0.2, 0.25) is 0 Å². The van der Waals surface area contributed by atoms with Crippen molar-refractivity contribution in [3.8, 4) is 0 Å². The minimum atomic E-state index is -4.06. The molecule has 0 aromatic carbocycles. The van der Waals surface area contributed by atoms with E-state index in [2.05, 4.69) is 15.0 Å². The minimum absolute atomic E-state index is 0.0768. The summed E-state index contributed by atoms with van der Waals surface area (Å²) in [5.74, 6) is -1.16. The van der Waals surface area contributed by atoms with Crippen LogP contribution in [-0.2, 0) is 6.54 Å². The van der Waals surface area contributed by atoms with E-state index in [9.17, 15) is 13.2 Å². The third-order valence-electron chi connectivity index (χ3n) is 3.20. The fraction of sp³-hybridized carbons (Fsp3) is 0.727. The smallest absolute Gasteiger partial charge is 0.364 e. The predicted octanol–water partition coefficient (Wildman–Crippen LogP) is 2.89. The van der Waals surface area contributed by atoms with Gasteiger partial charge in [0.1, 0.15) is 6.26 Å². The molecule has 96 valence electrons. The second kappa shape index (κ2) is 5.08. The first-order valence-electron chi connectivity index (χ1n) is 5.75. The van der Waals surface area contributed by atoms with Gasteiger partial charge in [-0.15, -0.1) is 0 Å². The lowest BCUT2D eigenvalue weighted by molar-refractivity contribution is -0.183. The van der Waals surface area contributed by atoms with Crippen LogP contribution in [0.3, 0.4) is 0 Å². The molecule has 2 unspecified atom stereocenters. The Labute approximate surface area is 97.4 Å². The van der Waals surface area contributed by atoms with Crippen molar-refractivity contribution >= 4 is 0 Å². The molecular weight excluding hydrogens is 233 g/mol. The van der Waals surface area contributed by atoms with Crippen LogP contribution in [-0.4, -0.2) is 17.4 Å². The topological polar surface area (TPSA) is 38.1 Å². The zero-order valence-electron chi connectivity index (χ0n) is 9.33. The van der Waals surface area contributed by atoms with Gasteiger partial charge in [-0.2, -0.15) is 13.2 Å². The van der Waals surface area contributed by atoms with Gasteiger partial charge in [-0.1, -0.05) is 11.6 Å². The Hall–Kier alpha value is -1.04. The molecule has 3 nitrogen and oxygen atoms in total. The van der Waals surface area contributed by atoms with Crippen molar-refractivity contribution in [3.05, 3.63) is 18.0 Å². The fourth-order valence-electron chi connectivity index (χ4n) is 2.25. The Balaban J connectivity index is 1.81. The second-order valence-corrected chi connectivity index (χ2v) is 4.47. The normalized spacial score (nSPS) is 26.1. The number of nitrogens with one attached hydrogen (secondary N) is 1. The molecule has 0 amide bonds. The van der Waals surface area contributed by atoms with E-state index in [0.717, 1.165) is 12.1 Å². The third-order valence-corrected chi connectivity index (χ3v) is 3.20. The molecule has 1 fully saturated rings. The maximum Gasteiger partial charge on any atom is 0.391 e. The van der Waals surface area contributed by atoms with Gasteiger partial charge in [0.2, 0.25) is 0 Å². The molecule has 1 saturated carbocycles. The summed E-state index contributed by atoms with van der Waals surface area (Å²) >= 11 is 0. The maximum atomic E-state index is 12.6. The van der Waals surface area contributed by atoms with Crippen LogP contribution in [0.15, 0.2) is 16.9 Å². The molecule has 0 spiro atoms. The molecule has 6 heteroatoms. The Bertz CT molecular complexity index is 337. The van der Waals surface area contributed by atoms with Crippen LogP contribution >= 0.6 is 0 Å². The molecule has 1 aromatic heterocycles. The lowest BCUT2D eigenvalue weighted by atomic mass is 9.85. The molecule has 17 heavy (non-hydrogen) atoms. The minimum Gasteiger partial charge on any atom is -0.364 e. The number of nitrogens with zero attached hydrogens (tertiary/aromatic N) is 1. The fourth-order valence-corrected chi connectivity index (χ4v) is 2.25. The quantitative estimate of drug-likeness (QED) is 0.893. The summed E-state index contributed by atoms with van der Waals surface area (Å²) < 4.78 is 42.4. The predicted molar refractivity (Wildman–Crippen MR) is 55.1 cm³/mol. The van der Waals surface area contributed by atoms with Gasteiger partial charge in [0.25, 0.3) is 0 Å². The Morgan fingerprint density at radius 1 is 1.41 bits per heavy atom. The summed E-state index contributed by atoms with van der Waals surface area (Å²) in [6.45, 7) is 0.464. The molecule has 2 rings (SSSR count). The van der Waals surface area contributed by atoms with E-state index in [-0.39, 0.29) is 18.9 Å². The molecule has 0 radical (unpaired) electrons. The van der Waals surface area contributed by atoms with Crippen molar-refractivity contribution in [1.29, 1.82) is 0 Å². The summed E-state index contributed by atoms with van der Waals surface area (Å²) in [7, 11) is 0. The molecule has 1 N–H and O–H groups in total. The Morgan fingerprint density at radius 2 is 2.24 bits per heavy atom. The van der Waals surface area contributed by atoms with Crippen LogP contribution in [0.1, 0.15) is 31.4 Å². The summed E-state index contributed by atoms with van der Waals surface area (Å²) in [5.41, 5.74) is 0.721. The lowest BCUT2D eigenvalue weighted by Crippen LogP contribution is -2.38. The van der Waals surface area contributed by atoms with E-state index in [1.807, 2.05) is 0 Å². The van der Waals surface area contributed by atoms with Crippen LogP contribution in [0.25, 0.3) is 0 Å². The molecule has 1 aliphatic carbocycles. The van der Waals surface area contributed by atoms with Crippen molar-refractivity contribution in [1.82, 2.24) is 10.5 Å². The molecule has 0 aliphatic heterocycles. The standard InChI is InChI=1S/C11H15F3N2O/c12-11(13,14)8-2-1-3-9(6-8)15-7-10-4-5-17-16-10/h4-5,8-9,15H,1-3,6-7H2. The van der Waals surface area contributed by atoms with Crippen molar-refractivity contribution in [3.63, 3.8) is 0 Å². The average Bonchev–Trinajstić information content (AvgIpc) is 2.78. The van der Waals surface area contributed by atoms with Crippen LogP contribution in [0.5, 0.6) is 0 Å². The highest BCUT2D eigenvalue weighted by Crippen LogP contribution is 2.37. The monoisotopic (exact) mass is 248 g/mol. The molecular formula is C11H15F3N2O. The summed E-state index contributed by atoms with van der Waals surface area (Å²) in [4.78, 5) is 0. The van der Waals surface area contributed by atoms with Crippen LogP contribution < -0.4 is 5.32 Å². The van der Waals surface area contributed by atoms with Crippen LogP contribution in [0.4, 0.5) is 13.2 Å². The first-order valence-corrected chi connectivity index (χ1v) is 5.75. The van der Waals surface area contributed by atoms with Gasteiger partial charge < -0.3 is 9.84 Å². The van der Waals surface area contributed by atoms with E-state index < -0.39 is 12.1 Å². The zero-order valence-corrected chi connectivity index (χ0v) is 9.33. The molecule has 1 heterocycles. The van der Waals surface area contributed by atoms with Crippen LogP contribution in [0, 0.1) is 5.92 Å². The molecule has 1 aliphatic rings. The van der Waals surface area contributed by atoms with Gasteiger partial charge in [0.05, 0.1) is 11.6 Å². The lowest BCUT2D eigenvalue weighted by Gasteiger charge is -2.30. The van der Waals surface area contributed by atoms with Gasteiger partial charge in [0.15, 0.2) is 0 Å². The van der Waals surface area contributed by atoms with Gasteiger partial charge in [0, 0.05) is 18.7 Å². The first kappa shape index (κ1) is 12.4. The van der Waals surface area contributed by atoms with Gasteiger partial charge in [-0.05, 0) is 19.3 Å². The average molecular weight is 248 g/mol. The van der Waals surface area contributed by atoms with Gasteiger partial charge in [-0.3, -0.25) is 0 Å². The van der Waals surface area contributed by atoms with E-state index >= 15 is 0 Å². The second-order valence-electron chi connectivity index (χ2n) is 4.47. The van der Waals surface area contributed by atoms with E-state index in [1.165, 1.54) is 6.26 Å². The van der Waals surface area contributed by atoms with Crippen molar-refractivity contribution < 1.29 is 17.7 Å². The largest absolute Gasteiger partial charge is 0.391 e. The molecule has 1 aromatic rings.